The van der Waals surface area contributed by atoms with Gasteiger partial charge in [-0.25, -0.2) is 0 Å². The van der Waals surface area contributed by atoms with Gasteiger partial charge in [-0.1, -0.05) is 92.5 Å². The lowest BCUT2D eigenvalue weighted by atomic mass is 10.1. The Labute approximate surface area is 264 Å². The quantitative estimate of drug-likeness (QED) is 0.0973. The van der Waals surface area contributed by atoms with Crippen molar-refractivity contribution < 1.29 is 28.5 Å². The van der Waals surface area contributed by atoms with Crippen molar-refractivity contribution in [1.29, 1.82) is 0 Å². The second-order valence-corrected chi connectivity index (χ2v) is 9.97. The standard InChI is InChI=1S/2C17H17BrO3/c2*1-2-20-14-8-9-15(16(19)11-18)17(10-14)21-12-13-6-4-3-5-7-13/h2*3-10H,2,11-12H2,1H3. The van der Waals surface area contributed by atoms with Crippen molar-refractivity contribution in [2.24, 2.45) is 0 Å². The average molecular weight is 698 g/mol. The van der Waals surface area contributed by atoms with Gasteiger partial charge < -0.3 is 18.9 Å². The van der Waals surface area contributed by atoms with Gasteiger partial charge in [0.2, 0.25) is 0 Å². The molecule has 0 aliphatic carbocycles. The molecule has 0 N–H and O–H groups in total. The van der Waals surface area contributed by atoms with Crippen LogP contribution in [-0.4, -0.2) is 35.4 Å². The van der Waals surface area contributed by atoms with Crippen LogP contribution >= 0.6 is 31.9 Å². The Morgan fingerprint density at radius 2 is 0.929 bits per heavy atom. The Balaban J connectivity index is 0.000000230. The molecule has 4 rings (SSSR count). The van der Waals surface area contributed by atoms with Crippen molar-refractivity contribution in [1.82, 2.24) is 0 Å². The van der Waals surface area contributed by atoms with Crippen LogP contribution in [0.4, 0.5) is 0 Å². The molecule has 0 heterocycles. The molecule has 0 spiro atoms. The van der Waals surface area contributed by atoms with E-state index in [1.165, 1.54) is 0 Å². The zero-order chi connectivity index (χ0) is 30.2. The Hall–Kier alpha value is -3.62. The summed E-state index contributed by atoms with van der Waals surface area (Å²) < 4.78 is 22.6. The molecule has 4 aromatic carbocycles. The first kappa shape index (κ1) is 32.9. The maximum absolute atomic E-state index is 11.9. The van der Waals surface area contributed by atoms with Crippen LogP contribution in [0.15, 0.2) is 97.1 Å². The number of hydrogen-bond donors (Lipinski definition) is 0. The van der Waals surface area contributed by atoms with Crippen molar-refractivity contribution in [3.63, 3.8) is 0 Å². The predicted molar refractivity (Wildman–Crippen MR) is 173 cm³/mol. The third-order valence-corrected chi connectivity index (χ3v) is 6.86. The fourth-order valence-corrected chi connectivity index (χ4v) is 4.44. The van der Waals surface area contributed by atoms with Gasteiger partial charge in [-0.3, -0.25) is 9.59 Å². The van der Waals surface area contributed by atoms with Gasteiger partial charge in [-0.15, -0.1) is 0 Å². The first-order valence-corrected chi connectivity index (χ1v) is 15.8. The van der Waals surface area contributed by atoms with Crippen LogP contribution in [-0.2, 0) is 13.2 Å². The highest BCUT2D eigenvalue weighted by Crippen LogP contribution is 2.28. The van der Waals surface area contributed by atoms with Crippen molar-refractivity contribution in [2.75, 3.05) is 23.9 Å². The monoisotopic (exact) mass is 696 g/mol. The maximum atomic E-state index is 11.9. The molecule has 220 valence electrons. The van der Waals surface area contributed by atoms with Crippen LogP contribution in [0.2, 0.25) is 0 Å². The molecule has 0 aliphatic heterocycles. The van der Waals surface area contributed by atoms with Crippen LogP contribution in [0.25, 0.3) is 0 Å². The fourth-order valence-electron chi connectivity index (χ4n) is 3.83. The normalized spacial score (nSPS) is 10.2. The zero-order valence-corrected chi connectivity index (χ0v) is 26.9. The molecule has 0 unspecified atom stereocenters. The Morgan fingerprint density at radius 3 is 1.26 bits per heavy atom. The van der Waals surface area contributed by atoms with E-state index in [0.717, 1.165) is 11.1 Å². The molecule has 0 fully saturated rings. The van der Waals surface area contributed by atoms with E-state index in [4.69, 9.17) is 18.9 Å². The summed E-state index contributed by atoms with van der Waals surface area (Å²) in [5.41, 5.74) is 3.23. The first-order chi connectivity index (χ1) is 20.5. The predicted octanol–water partition coefficient (Wildman–Crippen LogP) is 8.48. The van der Waals surface area contributed by atoms with E-state index in [1.807, 2.05) is 74.5 Å². The molecule has 0 saturated heterocycles. The molecule has 8 heteroatoms. The molecule has 0 aromatic heterocycles. The molecule has 4 aromatic rings. The number of carbonyl (C=O) groups is 2. The Kier molecular flexibility index (Phi) is 14.1. The first-order valence-electron chi connectivity index (χ1n) is 13.5. The smallest absolute Gasteiger partial charge is 0.177 e. The third-order valence-electron chi connectivity index (χ3n) is 5.85. The largest absolute Gasteiger partial charge is 0.494 e. The Morgan fingerprint density at radius 1 is 0.548 bits per heavy atom. The number of alkyl halides is 2. The van der Waals surface area contributed by atoms with E-state index in [0.29, 0.717) is 60.6 Å². The lowest BCUT2D eigenvalue weighted by Gasteiger charge is -2.12. The van der Waals surface area contributed by atoms with E-state index in [2.05, 4.69) is 31.9 Å². The highest BCUT2D eigenvalue weighted by atomic mass is 79.9. The summed E-state index contributed by atoms with van der Waals surface area (Å²) in [7, 11) is 0. The summed E-state index contributed by atoms with van der Waals surface area (Å²) in [5, 5.41) is 0.533. The second-order valence-electron chi connectivity index (χ2n) is 8.84. The van der Waals surface area contributed by atoms with Gasteiger partial charge in [0.05, 0.1) is 35.0 Å². The fraction of sp³-hybridized carbons (Fsp3) is 0.235. The topological polar surface area (TPSA) is 71.1 Å². The number of carbonyl (C=O) groups excluding carboxylic acids is 2. The van der Waals surface area contributed by atoms with Gasteiger partial charge in [0.1, 0.15) is 36.2 Å². The van der Waals surface area contributed by atoms with E-state index in [9.17, 15) is 9.59 Å². The number of ether oxygens (including phenoxy) is 4. The van der Waals surface area contributed by atoms with Crippen LogP contribution in [0.1, 0.15) is 45.7 Å². The summed E-state index contributed by atoms with van der Waals surface area (Å²) in [5.74, 6) is 2.48. The molecule has 0 bridgehead atoms. The molecule has 42 heavy (non-hydrogen) atoms. The van der Waals surface area contributed by atoms with Crippen LogP contribution in [0.5, 0.6) is 23.0 Å². The minimum Gasteiger partial charge on any atom is -0.494 e. The summed E-state index contributed by atoms with van der Waals surface area (Å²) in [6, 6.07) is 30.3. The van der Waals surface area contributed by atoms with E-state index in [1.54, 1.807) is 36.4 Å². The van der Waals surface area contributed by atoms with Gasteiger partial charge in [0, 0.05) is 12.1 Å². The summed E-state index contributed by atoms with van der Waals surface area (Å²) in [4.78, 5) is 23.9. The SMILES string of the molecule is CCOc1ccc(C(=O)CBr)c(OCc2ccccc2)c1.CCOc1ccc(C(=O)CBr)c(OCc2ccccc2)c1. The van der Waals surface area contributed by atoms with Gasteiger partial charge in [-0.05, 0) is 49.2 Å². The van der Waals surface area contributed by atoms with Crippen LogP contribution < -0.4 is 18.9 Å². The van der Waals surface area contributed by atoms with Gasteiger partial charge in [0.15, 0.2) is 11.6 Å². The number of hydrogen-bond acceptors (Lipinski definition) is 6. The Bertz CT molecular complexity index is 1300. The number of rotatable bonds is 14. The van der Waals surface area contributed by atoms with Crippen LogP contribution in [0.3, 0.4) is 0 Å². The molecule has 0 radical (unpaired) electrons. The molecule has 0 atom stereocenters. The van der Waals surface area contributed by atoms with Gasteiger partial charge >= 0.3 is 0 Å². The summed E-state index contributed by atoms with van der Waals surface area (Å²) in [6.45, 7) is 5.82. The summed E-state index contributed by atoms with van der Waals surface area (Å²) >= 11 is 6.39. The van der Waals surface area contributed by atoms with E-state index in [-0.39, 0.29) is 22.2 Å². The summed E-state index contributed by atoms with van der Waals surface area (Å²) in [6.07, 6.45) is 0. The van der Waals surface area contributed by atoms with Gasteiger partial charge in [-0.2, -0.15) is 0 Å². The van der Waals surface area contributed by atoms with E-state index < -0.39 is 0 Å². The highest BCUT2D eigenvalue weighted by Gasteiger charge is 2.14. The van der Waals surface area contributed by atoms with E-state index >= 15 is 0 Å². The molecular weight excluding hydrogens is 664 g/mol. The number of benzene rings is 4. The lowest BCUT2D eigenvalue weighted by molar-refractivity contribution is 0.101. The molecule has 0 aliphatic rings. The average Bonchev–Trinajstić information content (AvgIpc) is 3.04. The molecular formula is C34H34Br2O6. The second kappa shape index (κ2) is 18.0. The molecule has 6 nitrogen and oxygen atoms in total. The molecule has 0 saturated carbocycles. The van der Waals surface area contributed by atoms with Crippen molar-refractivity contribution in [3.8, 4) is 23.0 Å². The number of Topliss-reactive ketones (excluding diaryl/α,β-unsaturated/α-hetero) is 2. The molecule has 0 amide bonds. The van der Waals surface area contributed by atoms with Gasteiger partial charge in [0.25, 0.3) is 0 Å². The highest BCUT2D eigenvalue weighted by molar-refractivity contribution is 9.09. The number of ketones is 2. The zero-order valence-electron chi connectivity index (χ0n) is 23.7. The van der Waals surface area contributed by atoms with Crippen molar-refractivity contribution in [2.45, 2.75) is 27.1 Å². The van der Waals surface area contributed by atoms with Crippen molar-refractivity contribution in [3.05, 3.63) is 119 Å². The van der Waals surface area contributed by atoms with Crippen molar-refractivity contribution >= 4 is 43.4 Å². The number of halogens is 2. The van der Waals surface area contributed by atoms with Crippen LogP contribution in [0, 0.1) is 0 Å². The minimum atomic E-state index is -0.0129. The maximum Gasteiger partial charge on any atom is 0.177 e. The minimum absolute atomic E-state index is 0.0129. The third kappa shape index (κ3) is 10.3. The lowest BCUT2D eigenvalue weighted by Crippen LogP contribution is -2.06.